The number of unbranched alkanes of at least 4 members (excludes halogenated alkanes) is 1. The average molecular weight is 252 g/mol. The lowest BCUT2D eigenvalue weighted by Gasteiger charge is -2.02. The summed E-state index contributed by atoms with van der Waals surface area (Å²) in [6.07, 6.45) is 6.28. The van der Waals surface area contributed by atoms with Crippen molar-refractivity contribution in [3.8, 4) is 0 Å². The molecule has 0 fully saturated rings. The van der Waals surface area contributed by atoms with Gasteiger partial charge in [-0.25, -0.2) is 9.98 Å². The van der Waals surface area contributed by atoms with Crippen LogP contribution in [-0.4, -0.2) is 37.1 Å². The first-order valence-corrected chi connectivity index (χ1v) is 7.20. The quantitative estimate of drug-likeness (QED) is 0.654. The molecule has 4 nitrogen and oxygen atoms in total. The molecular formula is C14H24N2O2. The molecule has 0 saturated carbocycles. The van der Waals surface area contributed by atoms with Crippen LogP contribution in [0.3, 0.4) is 0 Å². The fourth-order valence-corrected chi connectivity index (χ4v) is 2.19. The van der Waals surface area contributed by atoms with Crippen LogP contribution in [0.15, 0.2) is 9.98 Å². The Morgan fingerprint density at radius 1 is 0.889 bits per heavy atom. The summed E-state index contributed by atoms with van der Waals surface area (Å²) in [5.74, 6) is 1.89. The van der Waals surface area contributed by atoms with Gasteiger partial charge in [0.1, 0.15) is 13.2 Å². The second-order valence-electron chi connectivity index (χ2n) is 5.00. The first-order valence-electron chi connectivity index (χ1n) is 7.20. The Hall–Kier alpha value is -1.06. The lowest BCUT2D eigenvalue weighted by molar-refractivity contribution is 0.303. The van der Waals surface area contributed by atoms with Crippen molar-refractivity contribution < 1.29 is 9.47 Å². The summed E-state index contributed by atoms with van der Waals surface area (Å²) >= 11 is 0. The van der Waals surface area contributed by atoms with Crippen LogP contribution in [0.1, 0.15) is 52.4 Å². The number of hydrogen-bond acceptors (Lipinski definition) is 4. The Bertz CT molecular complexity index is 294. The second kappa shape index (κ2) is 6.76. The van der Waals surface area contributed by atoms with E-state index in [4.69, 9.17) is 9.47 Å². The van der Waals surface area contributed by atoms with E-state index in [9.17, 15) is 0 Å². The van der Waals surface area contributed by atoms with Gasteiger partial charge in [-0.1, -0.05) is 13.8 Å². The lowest BCUT2D eigenvalue weighted by Crippen LogP contribution is -2.04. The SMILES string of the molecule is CC[C@H]1COC(CCCCC2=N[C@@H](CC)CO2)=N1. The van der Waals surface area contributed by atoms with Gasteiger partial charge in [0.2, 0.25) is 0 Å². The fourth-order valence-electron chi connectivity index (χ4n) is 2.19. The maximum absolute atomic E-state index is 5.55. The molecule has 0 spiro atoms. The third kappa shape index (κ3) is 3.72. The lowest BCUT2D eigenvalue weighted by atomic mass is 10.2. The largest absolute Gasteiger partial charge is 0.479 e. The van der Waals surface area contributed by atoms with Gasteiger partial charge in [0.15, 0.2) is 11.8 Å². The van der Waals surface area contributed by atoms with Gasteiger partial charge in [-0.3, -0.25) is 0 Å². The van der Waals surface area contributed by atoms with Crippen molar-refractivity contribution in [2.75, 3.05) is 13.2 Å². The maximum atomic E-state index is 5.55. The molecular weight excluding hydrogens is 228 g/mol. The van der Waals surface area contributed by atoms with Gasteiger partial charge in [-0.15, -0.1) is 0 Å². The Morgan fingerprint density at radius 2 is 1.33 bits per heavy atom. The summed E-state index contributed by atoms with van der Waals surface area (Å²) < 4.78 is 11.1. The summed E-state index contributed by atoms with van der Waals surface area (Å²) in [7, 11) is 0. The summed E-state index contributed by atoms with van der Waals surface area (Å²) in [6, 6.07) is 0.792. The van der Waals surface area contributed by atoms with Crippen molar-refractivity contribution in [1.82, 2.24) is 0 Å². The zero-order valence-corrected chi connectivity index (χ0v) is 11.5. The molecule has 2 rings (SSSR count). The number of aliphatic imine (C=N–C) groups is 2. The molecule has 0 bridgehead atoms. The van der Waals surface area contributed by atoms with Crippen LogP contribution in [0, 0.1) is 0 Å². The van der Waals surface area contributed by atoms with Crippen molar-refractivity contribution in [3.05, 3.63) is 0 Å². The molecule has 18 heavy (non-hydrogen) atoms. The maximum Gasteiger partial charge on any atom is 0.183 e. The Kier molecular flexibility index (Phi) is 5.02. The minimum atomic E-state index is 0.396. The van der Waals surface area contributed by atoms with Crippen LogP contribution < -0.4 is 0 Å². The van der Waals surface area contributed by atoms with Crippen LogP contribution >= 0.6 is 0 Å². The second-order valence-corrected chi connectivity index (χ2v) is 5.00. The number of nitrogens with zero attached hydrogens (tertiary/aromatic N) is 2. The van der Waals surface area contributed by atoms with E-state index in [1.165, 1.54) is 0 Å². The molecule has 0 N–H and O–H groups in total. The van der Waals surface area contributed by atoms with Gasteiger partial charge in [0.25, 0.3) is 0 Å². The predicted octanol–water partition coefficient (Wildman–Crippen LogP) is 2.96. The topological polar surface area (TPSA) is 43.2 Å². The molecule has 0 aromatic carbocycles. The van der Waals surface area contributed by atoms with Crippen molar-refractivity contribution in [3.63, 3.8) is 0 Å². The van der Waals surface area contributed by atoms with Crippen LogP contribution in [0.4, 0.5) is 0 Å². The van der Waals surface area contributed by atoms with Crippen molar-refractivity contribution in [2.45, 2.75) is 64.5 Å². The summed E-state index contributed by atoms with van der Waals surface area (Å²) in [5.41, 5.74) is 0. The molecule has 0 unspecified atom stereocenters. The normalized spacial score (nSPS) is 26.6. The Labute approximate surface area is 109 Å². The molecule has 2 aliphatic heterocycles. The molecule has 0 amide bonds. The van der Waals surface area contributed by atoms with Gasteiger partial charge in [0, 0.05) is 12.8 Å². The number of hydrogen-bond donors (Lipinski definition) is 0. The van der Waals surface area contributed by atoms with Crippen molar-refractivity contribution in [2.24, 2.45) is 9.98 Å². The van der Waals surface area contributed by atoms with Crippen LogP contribution in [0.2, 0.25) is 0 Å². The van der Waals surface area contributed by atoms with Crippen LogP contribution in [-0.2, 0) is 9.47 Å². The smallest absolute Gasteiger partial charge is 0.183 e. The van der Waals surface area contributed by atoms with Gasteiger partial charge in [-0.05, 0) is 25.7 Å². The third-order valence-corrected chi connectivity index (χ3v) is 3.51. The molecule has 2 heterocycles. The van der Waals surface area contributed by atoms with Crippen LogP contribution in [0.25, 0.3) is 0 Å². The first-order chi connectivity index (χ1) is 8.81. The summed E-state index contributed by atoms with van der Waals surface area (Å²) in [5, 5.41) is 0. The molecule has 2 atom stereocenters. The zero-order valence-electron chi connectivity index (χ0n) is 11.5. The Morgan fingerprint density at radius 3 is 1.67 bits per heavy atom. The average Bonchev–Trinajstić information content (AvgIpc) is 3.03. The molecule has 102 valence electrons. The molecule has 0 radical (unpaired) electrons. The minimum Gasteiger partial charge on any atom is -0.479 e. The highest BCUT2D eigenvalue weighted by molar-refractivity contribution is 5.78. The Balaban J connectivity index is 1.59. The summed E-state index contributed by atoms with van der Waals surface area (Å²) in [6.45, 7) is 5.86. The van der Waals surface area contributed by atoms with Crippen molar-refractivity contribution in [1.29, 1.82) is 0 Å². The highest BCUT2D eigenvalue weighted by atomic mass is 16.5. The van der Waals surface area contributed by atoms with E-state index in [2.05, 4.69) is 23.8 Å². The monoisotopic (exact) mass is 252 g/mol. The van der Waals surface area contributed by atoms with E-state index in [-0.39, 0.29) is 0 Å². The third-order valence-electron chi connectivity index (χ3n) is 3.51. The molecule has 4 heteroatoms. The number of rotatable bonds is 7. The molecule has 2 aliphatic rings. The molecule has 0 aromatic heterocycles. The van der Waals surface area contributed by atoms with E-state index in [1.807, 2.05) is 0 Å². The van der Waals surface area contributed by atoms with Gasteiger partial charge in [0.05, 0.1) is 12.1 Å². The van der Waals surface area contributed by atoms with E-state index in [0.717, 1.165) is 63.5 Å². The summed E-state index contributed by atoms with van der Waals surface area (Å²) in [4.78, 5) is 9.07. The first kappa shape index (κ1) is 13.4. The molecule has 0 saturated heterocycles. The highest BCUT2D eigenvalue weighted by Gasteiger charge is 2.18. The highest BCUT2D eigenvalue weighted by Crippen LogP contribution is 2.15. The molecule has 0 aliphatic carbocycles. The van der Waals surface area contributed by atoms with Gasteiger partial charge in [-0.2, -0.15) is 0 Å². The van der Waals surface area contributed by atoms with E-state index >= 15 is 0 Å². The minimum absolute atomic E-state index is 0.396. The van der Waals surface area contributed by atoms with E-state index in [0.29, 0.717) is 12.1 Å². The van der Waals surface area contributed by atoms with E-state index < -0.39 is 0 Å². The molecule has 0 aromatic rings. The number of ether oxygens (including phenoxy) is 2. The van der Waals surface area contributed by atoms with Gasteiger partial charge < -0.3 is 9.47 Å². The zero-order chi connectivity index (χ0) is 12.8. The van der Waals surface area contributed by atoms with Gasteiger partial charge >= 0.3 is 0 Å². The fraction of sp³-hybridized carbons (Fsp3) is 0.857. The van der Waals surface area contributed by atoms with Crippen LogP contribution in [0.5, 0.6) is 0 Å². The van der Waals surface area contributed by atoms with E-state index in [1.54, 1.807) is 0 Å². The van der Waals surface area contributed by atoms with Crippen molar-refractivity contribution >= 4 is 11.8 Å². The standard InChI is InChI=1S/C14H24N2O2/c1-3-11-9-17-13(15-11)7-5-6-8-14-16-12(4-2)10-18-14/h11-12H,3-10H2,1-2H3/t11-,12-/m0/s1. The predicted molar refractivity (Wildman–Crippen MR) is 73.4 cm³/mol.